The zero-order chi connectivity index (χ0) is 23.3. The normalized spacial score (nSPS) is 11.1. The number of ether oxygens (including phenoxy) is 1. The Morgan fingerprint density at radius 2 is 1.33 bits per heavy atom. The second kappa shape index (κ2) is 13.4. The molecule has 0 radical (unpaired) electrons. The zero-order valence-electron chi connectivity index (χ0n) is 19.9. The van der Waals surface area contributed by atoms with E-state index in [1.54, 1.807) is 12.1 Å². The molecule has 3 nitrogen and oxygen atoms in total. The lowest BCUT2D eigenvalue weighted by atomic mass is 10.0. The van der Waals surface area contributed by atoms with Gasteiger partial charge in [-0.15, -0.1) is 0 Å². The number of carbonyl (C=O) groups excluding carboxylic acids is 1. The van der Waals surface area contributed by atoms with Crippen LogP contribution in [-0.2, 0) is 12.8 Å². The highest BCUT2D eigenvalue weighted by Gasteiger charge is 2.08. The first-order valence-corrected chi connectivity index (χ1v) is 12.2. The van der Waals surface area contributed by atoms with Crippen LogP contribution in [-0.4, -0.2) is 12.2 Å². The first-order valence-electron chi connectivity index (χ1n) is 12.2. The summed E-state index contributed by atoms with van der Waals surface area (Å²) in [6.07, 6.45) is 11.4. The fourth-order valence-corrected chi connectivity index (χ4v) is 3.63. The van der Waals surface area contributed by atoms with Crippen LogP contribution in [0.4, 0.5) is 5.69 Å². The Kier molecular flexibility index (Phi) is 9.90. The third kappa shape index (κ3) is 8.34. The SMILES string of the molecule is CCCCCCc1ccc(C(=O)Oc2ccc(C=Nc3ccc(CCCC)cc3)cc2)cc1. The monoisotopic (exact) mass is 441 g/mol. The standard InChI is InChI=1S/C30H35NO2/c1-3-5-7-8-10-25-11-17-27(18-12-25)30(32)33-29-21-15-26(16-22-29)23-31-28-19-13-24(14-20-28)9-6-4-2/h11-23H,3-10H2,1-2H3. The van der Waals surface area contributed by atoms with Crippen molar-refractivity contribution in [1.29, 1.82) is 0 Å². The van der Waals surface area contributed by atoms with Crippen LogP contribution in [0.5, 0.6) is 5.75 Å². The number of hydrogen-bond donors (Lipinski definition) is 0. The molecule has 0 aliphatic heterocycles. The summed E-state index contributed by atoms with van der Waals surface area (Å²) in [5, 5.41) is 0. The van der Waals surface area contributed by atoms with Crippen LogP contribution in [0.3, 0.4) is 0 Å². The molecule has 0 atom stereocenters. The van der Waals surface area contributed by atoms with E-state index in [1.165, 1.54) is 49.7 Å². The third-order valence-corrected chi connectivity index (χ3v) is 5.72. The average molecular weight is 442 g/mol. The number of benzene rings is 3. The second-order valence-corrected chi connectivity index (χ2v) is 8.49. The van der Waals surface area contributed by atoms with Crippen molar-refractivity contribution < 1.29 is 9.53 Å². The van der Waals surface area contributed by atoms with Crippen molar-refractivity contribution in [2.75, 3.05) is 0 Å². The summed E-state index contributed by atoms with van der Waals surface area (Å²) in [5.41, 5.74) is 5.07. The highest BCUT2D eigenvalue weighted by Crippen LogP contribution is 2.17. The minimum absolute atomic E-state index is 0.336. The Bertz CT molecular complexity index is 1000. The number of aryl methyl sites for hydroxylation is 2. The maximum Gasteiger partial charge on any atom is 0.343 e. The molecule has 0 N–H and O–H groups in total. The predicted molar refractivity (Wildman–Crippen MR) is 138 cm³/mol. The molecule has 3 aromatic rings. The highest BCUT2D eigenvalue weighted by atomic mass is 16.5. The molecule has 3 rings (SSSR count). The Morgan fingerprint density at radius 3 is 1.97 bits per heavy atom. The highest BCUT2D eigenvalue weighted by molar-refractivity contribution is 5.91. The number of esters is 1. The van der Waals surface area contributed by atoms with Crippen molar-refractivity contribution >= 4 is 17.9 Å². The molecule has 3 aromatic carbocycles. The minimum Gasteiger partial charge on any atom is -0.423 e. The molecule has 0 amide bonds. The maximum atomic E-state index is 12.5. The first kappa shape index (κ1) is 24.4. The molecule has 0 heterocycles. The van der Waals surface area contributed by atoms with Crippen molar-refractivity contribution in [3.8, 4) is 5.75 Å². The molecule has 0 unspecified atom stereocenters. The van der Waals surface area contributed by atoms with Crippen molar-refractivity contribution in [1.82, 2.24) is 0 Å². The Morgan fingerprint density at radius 1 is 0.727 bits per heavy atom. The average Bonchev–Trinajstić information content (AvgIpc) is 2.86. The molecule has 0 aliphatic rings. The summed E-state index contributed by atoms with van der Waals surface area (Å²) in [6.45, 7) is 4.42. The molecule has 33 heavy (non-hydrogen) atoms. The number of hydrogen-bond acceptors (Lipinski definition) is 3. The van der Waals surface area contributed by atoms with E-state index < -0.39 is 0 Å². The van der Waals surface area contributed by atoms with Gasteiger partial charge >= 0.3 is 5.97 Å². The minimum atomic E-state index is -0.336. The van der Waals surface area contributed by atoms with E-state index in [1.807, 2.05) is 54.7 Å². The van der Waals surface area contributed by atoms with E-state index in [-0.39, 0.29) is 5.97 Å². The van der Waals surface area contributed by atoms with Crippen LogP contribution >= 0.6 is 0 Å². The van der Waals surface area contributed by atoms with Gasteiger partial charge in [-0.3, -0.25) is 4.99 Å². The van der Waals surface area contributed by atoms with Gasteiger partial charge in [0.2, 0.25) is 0 Å². The van der Waals surface area contributed by atoms with Crippen LogP contribution < -0.4 is 4.74 Å². The quantitative estimate of drug-likeness (QED) is 0.123. The topological polar surface area (TPSA) is 38.7 Å². The Labute approximate surface area is 198 Å². The van der Waals surface area contributed by atoms with Crippen LogP contribution in [0.1, 0.15) is 79.4 Å². The lowest BCUT2D eigenvalue weighted by Gasteiger charge is -2.06. The van der Waals surface area contributed by atoms with Crippen LogP contribution in [0.2, 0.25) is 0 Å². The molecule has 0 saturated heterocycles. The summed E-state index contributed by atoms with van der Waals surface area (Å²) < 4.78 is 5.53. The lowest BCUT2D eigenvalue weighted by Crippen LogP contribution is -2.08. The second-order valence-electron chi connectivity index (χ2n) is 8.49. The zero-order valence-corrected chi connectivity index (χ0v) is 19.9. The van der Waals surface area contributed by atoms with Crippen LogP contribution in [0.15, 0.2) is 77.8 Å². The van der Waals surface area contributed by atoms with Gasteiger partial charge < -0.3 is 4.74 Å². The summed E-state index contributed by atoms with van der Waals surface area (Å²) in [5.74, 6) is 0.193. The van der Waals surface area contributed by atoms with Crippen molar-refractivity contribution in [2.45, 2.75) is 65.2 Å². The fourth-order valence-electron chi connectivity index (χ4n) is 3.63. The van der Waals surface area contributed by atoms with Gasteiger partial charge in [-0.1, -0.05) is 63.8 Å². The molecule has 0 saturated carbocycles. The van der Waals surface area contributed by atoms with E-state index in [0.717, 1.165) is 24.1 Å². The van der Waals surface area contributed by atoms with Gasteiger partial charge in [0.1, 0.15) is 5.75 Å². The number of carbonyl (C=O) groups is 1. The molecule has 172 valence electrons. The van der Waals surface area contributed by atoms with E-state index in [4.69, 9.17) is 4.74 Å². The molecular weight excluding hydrogens is 406 g/mol. The first-order chi connectivity index (χ1) is 16.2. The van der Waals surface area contributed by atoms with Gasteiger partial charge in [0.15, 0.2) is 0 Å². The van der Waals surface area contributed by atoms with Crippen molar-refractivity contribution in [2.24, 2.45) is 4.99 Å². The van der Waals surface area contributed by atoms with Crippen LogP contribution in [0, 0.1) is 0 Å². The largest absolute Gasteiger partial charge is 0.423 e. The van der Waals surface area contributed by atoms with Gasteiger partial charge in [-0.05, 0) is 90.9 Å². The van der Waals surface area contributed by atoms with E-state index in [0.29, 0.717) is 11.3 Å². The summed E-state index contributed by atoms with van der Waals surface area (Å²) in [4.78, 5) is 17.0. The molecule has 0 aliphatic carbocycles. The fraction of sp³-hybridized carbons (Fsp3) is 0.333. The molecular formula is C30H35NO2. The van der Waals surface area contributed by atoms with Gasteiger partial charge in [0.05, 0.1) is 11.3 Å². The summed E-state index contributed by atoms with van der Waals surface area (Å²) in [6, 6.07) is 23.6. The smallest absolute Gasteiger partial charge is 0.343 e. The Hall–Kier alpha value is -3.20. The molecule has 0 bridgehead atoms. The Balaban J connectivity index is 1.50. The molecule has 0 fully saturated rings. The summed E-state index contributed by atoms with van der Waals surface area (Å²) >= 11 is 0. The predicted octanol–water partition coefficient (Wildman–Crippen LogP) is 8.12. The number of rotatable bonds is 12. The number of unbranched alkanes of at least 4 members (excludes halogenated alkanes) is 4. The van der Waals surface area contributed by atoms with Crippen LogP contribution in [0.25, 0.3) is 0 Å². The maximum absolute atomic E-state index is 12.5. The summed E-state index contributed by atoms with van der Waals surface area (Å²) in [7, 11) is 0. The van der Waals surface area contributed by atoms with Crippen molar-refractivity contribution in [3.63, 3.8) is 0 Å². The molecule has 0 aromatic heterocycles. The third-order valence-electron chi connectivity index (χ3n) is 5.72. The number of aliphatic imine (C=N–C) groups is 1. The molecule has 0 spiro atoms. The van der Waals surface area contributed by atoms with Gasteiger partial charge in [0.25, 0.3) is 0 Å². The van der Waals surface area contributed by atoms with E-state index in [2.05, 4.69) is 31.0 Å². The van der Waals surface area contributed by atoms with Gasteiger partial charge in [0, 0.05) is 6.21 Å². The van der Waals surface area contributed by atoms with Gasteiger partial charge in [-0.25, -0.2) is 4.79 Å². The number of nitrogens with zero attached hydrogens (tertiary/aromatic N) is 1. The lowest BCUT2D eigenvalue weighted by molar-refractivity contribution is 0.0734. The van der Waals surface area contributed by atoms with Gasteiger partial charge in [-0.2, -0.15) is 0 Å². The van der Waals surface area contributed by atoms with E-state index in [9.17, 15) is 4.79 Å². The molecule has 3 heteroatoms. The van der Waals surface area contributed by atoms with Crippen molar-refractivity contribution in [3.05, 3.63) is 95.1 Å². The van der Waals surface area contributed by atoms with E-state index >= 15 is 0 Å².